The molecule has 0 unspecified atom stereocenters. The van der Waals surface area contributed by atoms with E-state index in [0.717, 1.165) is 5.56 Å². The molecule has 1 heterocycles. The molecule has 0 bridgehead atoms. The van der Waals surface area contributed by atoms with Crippen LogP contribution in [-0.4, -0.2) is 31.8 Å². The predicted molar refractivity (Wildman–Crippen MR) is 99.3 cm³/mol. The average Bonchev–Trinajstić information content (AvgIpc) is 3.20. The molecule has 0 atom stereocenters. The van der Waals surface area contributed by atoms with Crippen molar-refractivity contribution in [3.8, 4) is 5.75 Å². The van der Waals surface area contributed by atoms with Gasteiger partial charge in [-0.1, -0.05) is 0 Å². The number of H-pyrrole nitrogens is 1. The van der Waals surface area contributed by atoms with Crippen molar-refractivity contribution < 1.29 is 17.9 Å². The zero-order chi connectivity index (χ0) is 19.3. The first-order valence-corrected chi connectivity index (χ1v) is 9.49. The number of methoxy groups -OCH3 is 1. The Morgan fingerprint density at radius 3 is 2.26 bits per heavy atom. The molecule has 0 spiro atoms. The lowest BCUT2D eigenvalue weighted by Gasteiger charge is -2.09. The van der Waals surface area contributed by atoms with Crippen LogP contribution in [-0.2, 0) is 16.4 Å². The van der Waals surface area contributed by atoms with E-state index in [1.807, 2.05) is 0 Å². The van der Waals surface area contributed by atoms with Gasteiger partial charge in [0.25, 0.3) is 0 Å². The smallest absolute Gasteiger partial charge is 0.319 e. The summed E-state index contributed by atoms with van der Waals surface area (Å²) in [6.45, 7) is 0.326. The second-order valence-electron chi connectivity index (χ2n) is 5.62. The van der Waals surface area contributed by atoms with Crippen molar-refractivity contribution in [2.45, 2.75) is 16.3 Å². The highest BCUT2D eigenvalue weighted by Crippen LogP contribution is 2.24. The van der Waals surface area contributed by atoms with Gasteiger partial charge in [0.05, 0.1) is 23.1 Å². The van der Waals surface area contributed by atoms with Crippen LogP contribution in [0.15, 0.2) is 70.7 Å². The first-order valence-electron chi connectivity index (χ1n) is 8.01. The Kier molecular flexibility index (Phi) is 5.41. The summed E-state index contributed by atoms with van der Waals surface area (Å²) in [5, 5.41) is 11.8. The Balaban J connectivity index is 1.65. The van der Waals surface area contributed by atoms with Crippen LogP contribution in [0, 0.1) is 0 Å². The summed E-state index contributed by atoms with van der Waals surface area (Å²) >= 11 is 0. The number of nitrogens with one attached hydrogen (secondary N) is 3. The number of nitrogens with zero attached hydrogens (tertiary/aromatic N) is 1. The van der Waals surface area contributed by atoms with E-state index in [1.165, 1.54) is 43.5 Å². The van der Waals surface area contributed by atoms with E-state index < -0.39 is 15.9 Å². The van der Waals surface area contributed by atoms with Crippen LogP contribution in [0.4, 0.5) is 10.5 Å². The fraction of sp³-hybridized carbons (Fsp3) is 0.111. The van der Waals surface area contributed by atoms with E-state index in [1.54, 1.807) is 24.5 Å². The van der Waals surface area contributed by atoms with Gasteiger partial charge in [-0.05, 0) is 48.5 Å². The number of hydrogen-bond donors (Lipinski definition) is 3. The first-order chi connectivity index (χ1) is 13.0. The Bertz CT molecular complexity index is 999. The molecule has 0 saturated carbocycles. The van der Waals surface area contributed by atoms with Crippen LogP contribution in [0.3, 0.4) is 0 Å². The van der Waals surface area contributed by atoms with Gasteiger partial charge in [-0.25, -0.2) is 13.2 Å². The van der Waals surface area contributed by atoms with Crippen LogP contribution in [0.5, 0.6) is 5.75 Å². The Labute approximate surface area is 156 Å². The quantitative estimate of drug-likeness (QED) is 0.603. The van der Waals surface area contributed by atoms with Crippen molar-refractivity contribution in [1.29, 1.82) is 0 Å². The SMILES string of the molecule is COc1ccc(S(=O)(=O)c2ccc(NC(=O)NCc3cn[nH]c3)cc2)cc1. The van der Waals surface area contributed by atoms with Crippen LogP contribution in [0.25, 0.3) is 0 Å². The second-order valence-corrected chi connectivity index (χ2v) is 7.57. The van der Waals surface area contributed by atoms with Crippen LogP contribution in [0.1, 0.15) is 5.56 Å². The standard InChI is InChI=1S/C18H18N4O4S/c1-26-15-4-8-17(9-5-15)27(24,25)16-6-2-14(3-7-16)22-18(23)19-10-13-11-20-21-12-13/h2-9,11-12H,10H2,1H3,(H,20,21)(H2,19,22,23). The van der Waals surface area contributed by atoms with E-state index in [9.17, 15) is 13.2 Å². The van der Waals surface area contributed by atoms with E-state index in [0.29, 0.717) is 18.0 Å². The molecule has 0 radical (unpaired) electrons. The van der Waals surface area contributed by atoms with Gasteiger partial charge >= 0.3 is 6.03 Å². The number of anilines is 1. The molecule has 0 aliphatic carbocycles. The average molecular weight is 386 g/mol. The Morgan fingerprint density at radius 1 is 1.07 bits per heavy atom. The van der Waals surface area contributed by atoms with Gasteiger partial charge < -0.3 is 15.4 Å². The van der Waals surface area contributed by atoms with Crippen LogP contribution in [0.2, 0.25) is 0 Å². The summed E-state index contributed by atoms with van der Waals surface area (Å²) in [7, 11) is -2.13. The van der Waals surface area contributed by atoms with Gasteiger partial charge in [-0.15, -0.1) is 0 Å². The molecule has 0 fully saturated rings. The molecule has 27 heavy (non-hydrogen) atoms. The summed E-state index contributed by atoms with van der Waals surface area (Å²) in [6, 6.07) is 11.7. The molecule has 2 amide bonds. The van der Waals surface area contributed by atoms with Gasteiger partial charge in [0.15, 0.2) is 0 Å². The van der Waals surface area contributed by atoms with Crippen molar-refractivity contribution in [3.05, 3.63) is 66.5 Å². The minimum atomic E-state index is -3.64. The highest BCUT2D eigenvalue weighted by atomic mass is 32.2. The lowest BCUT2D eigenvalue weighted by Crippen LogP contribution is -2.28. The molecule has 3 aromatic rings. The van der Waals surface area contributed by atoms with Crippen LogP contribution >= 0.6 is 0 Å². The molecule has 0 aliphatic heterocycles. The number of carbonyl (C=O) groups is 1. The summed E-state index contributed by atoms with van der Waals surface area (Å²) in [6.07, 6.45) is 3.29. The molecule has 3 rings (SSSR count). The zero-order valence-corrected chi connectivity index (χ0v) is 15.3. The fourth-order valence-corrected chi connectivity index (χ4v) is 3.60. The fourth-order valence-electron chi connectivity index (χ4n) is 2.34. The molecular formula is C18H18N4O4S. The number of aromatic nitrogens is 2. The minimum absolute atomic E-state index is 0.136. The summed E-state index contributed by atoms with van der Waals surface area (Å²) < 4.78 is 30.3. The maximum absolute atomic E-state index is 12.7. The number of carbonyl (C=O) groups excluding carboxylic acids is 1. The van der Waals surface area contributed by atoms with Crippen LogP contribution < -0.4 is 15.4 Å². The van der Waals surface area contributed by atoms with Crippen molar-refractivity contribution >= 4 is 21.6 Å². The Hall–Kier alpha value is -3.33. The van der Waals surface area contributed by atoms with Crippen molar-refractivity contribution in [1.82, 2.24) is 15.5 Å². The van der Waals surface area contributed by atoms with E-state index in [-0.39, 0.29) is 9.79 Å². The molecule has 0 saturated heterocycles. The molecule has 0 aliphatic rings. The number of sulfone groups is 1. The summed E-state index contributed by atoms with van der Waals surface area (Å²) in [5.41, 5.74) is 1.32. The number of urea groups is 1. The molecule has 3 N–H and O–H groups in total. The highest BCUT2D eigenvalue weighted by molar-refractivity contribution is 7.91. The van der Waals surface area contributed by atoms with Gasteiger partial charge in [0.1, 0.15) is 5.75 Å². The van der Waals surface area contributed by atoms with Gasteiger partial charge in [-0.3, -0.25) is 5.10 Å². The zero-order valence-electron chi connectivity index (χ0n) is 14.5. The Morgan fingerprint density at radius 2 is 1.70 bits per heavy atom. The minimum Gasteiger partial charge on any atom is -0.497 e. The number of benzene rings is 2. The number of ether oxygens (including phenoxy) is 1. The third kappa shape index (κ3) is 4.45. The lowest BCUT2D eigenvalue weighted by atomic mass is 10.3. The van der Waals surface area contributed by atoms with Gasteiger partial charge in [0, 0.05) is 24.0 Å². The van der Waals surface area contributed by atoms with E-state index in [2.05, 4.69) is 20.8 Å². The lowest BCUT2D eigenvalue weighted by molar-refractivity contribution is 0.251. The maximum atomic E-state index is 12.7. The summed E-state index contributed by atoms with van der Waals surface area (Å²) in [5.74, 6) is 0.579. The van der Waals surface area contributed by atoms with Gasteiger partial charge in [-0.2, -0.15) is 5.10 Å². The normalized spacial score (nSPS) is 11.0. The van der Waals surface area contributed by atoms with E-state index in [4.69, 9.17) is 4.74 Å². The number of amides is 2. The van der Waals surface area contributed by atoms with E-state index >= 15 is 0 Å². The topological polar surface area (TPSA) is 113 Å². The largest absolute Gasteiger partial charge is 0.497 e. The molecular weight excluding hydrogens is 368 g/mol. The monoisotopic (exact) mass is 386 g/mol. The molecule has 9 heteroatoms. The molecule has 140 valence electrons. The third-order valence-corrected chi connectivity index (χ3v) is 5.59. The maximum Gasteiger partial charge on any atom is 0.319 e. The first kappa shape index (κ1) is 18.5. The number of hydrogen-bond acceptors (Lipinski definition) is 5. The van der Waals surface area contributed by atoms with Crippen molar-refractivity contribution in [3.63, 3.8) is 0 Å². The van der Waals surface area contributed by atoms with Crippen molar-refractivity contribution in [2.24, 2.45) is 0 Å². The third-order valence-electron chi connectivity index (χ3n) is 3.80. The number of rotatable bonds is 6. The molecule has 1 aromatic heterocycles. The van der Waals surface area contributed by atoms with Crippen molar-refractivity contribution in [2.75, 3.05) is 12.4 Å². The number of aromatic amines is 1. The summed E-state index contributed by atoms with van der Waals surface area (Å²) in [4.78, 5) is 12.2. The molecule has 2 aromatic carbocycles. The highest BCUT2D eigenvalue weighted by Gasteiger charge is 2.17. The van der Waals surface area contributed by atoms with Gasteiger partial charge in [0.2, 0.25) is 9.84 Å². The molecule has 8 nitrogen and oxygen atoms in total. The second kappa shape index (κ2) is 7.92. The predicted octanol–water partition coefficient (Wildman–Crippen LogP) is 2.57.